The van der Waals surface area contributed by atoms with Gasteiger partial charge in [0.25, 0.3) is 0 Å². The Morgan fingerprint density at radius 2 is 1.88 bits per heavy atom. The standard InChI is InChI=1S/C17H21F3N4O2/c1-10(2)12(9-25)22-16-23-14(17(18,19)20)8-15(24-16)21-11-6-4-5-7-13(11)26-3/h4-8,10,12,25H,9H2,1-3H3,(H2,21,22,23,24)/t12-/m1/s1. The summed E-state index contributed by atoms with van der Waals surface area (Å²) in [6.07, 6.45) is -4.64. The molecule has 142 valence electrons. The Morgan fingerprint density at radius 1 is 1.19 bits per heavy atom. The lowest BCUT2D eigenvalue weighted by atomic mass is 10.1. The predicted octanol–water partition coefficient (Wildman–Crippen LogP) is 3.68. The fraction of sp³-hybridized carbons (Fsp3) is 0.412. The van der Waals surface area contributed by atoms with Gasteiger partial charge in [-0.15, -0.1) is 0 Å². The number of hydrogen-bond donors (Lipinski definition) is 3. The molecule has 1 aromatic carbocycles. The monoisotopic (exact) mass is 370 g/mol. The normalized spacial score (nSPS) is 12.8. The number of rotatable bonds is 7. The van der Waals surface area contributed by atoms with Gasteiger partial charge in [0, 0.05) is 6.07 Å². The molecule has 6 nitrogen and oxygen atoms in total. The molecule has 3 N–H and O–H groups in total. The molecule has 1 atom stereocenters. The van der Waals surface area contributed by atoms with Crippen LogP contribution in [-0.2, 0) is 6.18 Å². The zero-order valence-electron chi connectivity index (χ0n) is 14.6. The van der Waals surface area contributed by atoms with Gasteiger partial charge in [-0.25, -0.2) is 4.98 Å². The zero-order chi connectivity index (χ0) is 19.3. The Labute approximate surface area is 149 Å². The summed E-state index contributed by atoms with van der Waals surface area (Å²) in [6, 6.07) is 7.14. The maximum absolute atomic E-state index is 13.2. The molecule has 0 radical (unpaired) electrons. The van der Waals surface area contributed by atoms with E-state index in [2.05, 4.69) is 20.6 Å². The third kappa shape index (κ3) is 4.98. The first-order chi connectivity index (χ1) is 12.2. The SMILES string of the molecule is COc1ccccc1Nc1cc(C(F)(F)F)nc(N[C@H](CO)C(C)C)n1. The summed E-state index contributed by atoms with van der Waals surface area (Å²) in [7, 11) is 1.46. The van der Waals surface area contributed by atoms with Gasteiger partial charge >= 0.3 is 6.18 Å². The van der Waals surface area contributed by atoms with Crippen LogP contribution in [0.2, 0.25) is 0 Å². The second-order valence-corrected chi connectivity index (χ2v) is 5.96. The van der Waals surface area contributed by atoms with Gasteiger partial charge in [-0.05, 0) is 18.1 Å². The van der Waals surface area contributed by atoms with Crippen LogP contribution in [0.3, 0.4) is 0 Å². The highest BCUT2D eigenvalue weighted by molar-refractivity contribution is 5.64. The molecule has 0 amide bonds. The minimum atomic E-state index is -4.64. The van der Waals surface area contributed by atoms with Crippen molar-refractivity contribution in [1.29, 1.82) is 0 Å². The molecule has 0 bridgehead atoms. The number of halogens is 3. The minimum Gasteiger partial charge on any atom is -0.495 e. The van der Waals surface area contributed by atoms with Gasteiger partial charge in [-0.2, -0.15) is 18.2 Å². The Bertz CT molecular complexity index is 738. The number of methoxy groups -OCH3 is 1. The van der Waals surface area contributed by atoms with Crippen molar-refractivity contribution in [3.05, 3.63) is 36.0 Å². The lowest BCUT2D eigenvalue weighted by molar-refractivity contribution is -0.141. The number of hydrogen-bond acceptors (Lipinski definition) is 6. The lowest BCUT2D eigenvalue weighted by Gasteiger charge is -2.21. The van der Waals surface area contributed by atoms with E-state index in [4.69, 9.17) is 4.74 Å². The van der Waals surface area contributed by atoms with Crippen molar-refractivity contribution < 1.29 is 23.0 Å². The van der Waals surface area contributed by atoms with Crippen molar-refractivity contribution >= 4 is 17.5 Å². The topological polar surface area (TPSA) is 79.3 Å². The molecule has 0 unspecified atom stereocenters. The van der Waals surface area contributed by atoms with Crippen molar-refractivity contribution in [2.75, 3.05) is 24.4 Å². The molecule has 1 aromatic heterocycles. The van der Waals surface area contributed by atoms with Crippen molar-refractivity contribution in [2.24, 2.45) is 5.92 Å². The summed E-state index contributed by atoms with van der Waals surface area (Å²) in [4.78, 5) is 7.62. The van der Waals surface area contributed by atoms with Crippen LogP contribution < -0.4 is 15.4 Å². The largest absolute Gasteiger partial charge is 0.495 e. The van der Waals surface area contributed by atoms with Gasteiger partial charge in [-0.3, -0.25) is 0 Å². The van der Waals surface area contributed by atoms with Crippen LogP contribution in [-0.4, -0.2) is 34.8 Å². The molecule has 0 aliphatic heterocycles. The van der Waals surface area contributed by atoms with E-state index in [1.807, 2.05) is 13.8 Å². The maximum atomic E-state index is 13.2. The number of aliphatic hydroxyl groups is 1. The van der Waals surface area contributed by atoms with Crippen molar-refractivity contribution in [1.82, 2.24) is 9.97 Å². The first-order valence-corrected chi connectivity index (χ1v) is 7.98. The van der Waals surface area contributed by atoms with Gasteiger partial charge in [0.1, 0.15) is 11.6 Å². The van der Waals surface area contributed by atoms with E-state index in [9.17, 15) is 18.3 Å². The van der Waals surface area contributed by atoms with Crippen LogP contribution >= 0.6 is 0 Å². The predicted molar refractivity (Wildman–Crippen MR) is 92.6 cm³/mol. The smallest absolute Gasteiger partial charge is 0.433 e. The fourth-order valence-corrected chi connectivity index (χ4v) is 2.20. The van der Waals surface area contributed by atoms with Crippen LogP contribution in [0.5, 0.6) is 5.75 Å². The molecule has 0 spiro atoms. The number of aliphatic hydroxyl groups excluding tert-OH is 1. The van der Waals surface area contributed by atoms with Crippen LogP contribution in [0.15, 0.2) is 30.3 Å². The second-order valence-electron chi connectivity index (χ2n) is 5.96. The first-order valence-electron chi connectivity index (χ1n) is 7.98. The average molecular weight is 370 g/mol. The van der Waals surface area contributed by atoms with Crippen LogP contribution in [0.25, 0.3) is 0 Å². The van der Waals surface area contributed by atoms with Gasteiger partial charge in [0.15, 0.2) is 5.69 Å². The summed E-state index contributed by atoms with van der Waals surface area (Å²) in [6.45, 7) is 3.40. The molecule has 0 saturated heterocycles. The quantitative estimate of drug-likeness (QED) is 0.690. The Morgan fingerprint density at radius 3 is 2.46 bits per heavy atom. The number of nitrogens with one attached hydrogen (secondary N) is 2. The number of benzene rings is 1. The molecule has 9 heteroatoms. The minimum absolute atomic E-state index is 0.0243. The zero-order valence-corrected chi connectivity index (χ0v) is 14.6. The van der Waals surface area contributed by atoms with Crippen molar-refractivity contribution in [3.8, 4) is 5.75 Å². The number of alkyl halides is 3. The number of ether oxygens (including phenoxy) is 1. The third-order valence-corrected chi connectivity index (χ3v) is 3.70. The van der Waals surface area contributed by atoms with E-state index in [1.165, 1.54) is 7.11 Å². The maximum Gasteiger partial charge on any atom is 0.433 e. The van der Waals surface area contributed by atoms with Crippen LogP contribution in [0, 0.1) is 5.92 Å². The average Bonchev–Trinajstić information content (AvgIpc) is 2.59. The van der Waals surface area contributed by atoms with E-state index in [0.717, 1.165) is 6.07 Å². The first kappa shape index (κ1) is 19.8. The Hall–Kier alpha value is -2.55. The highest BCUT2D eigenvalue weighted by atomic mass is 19.4. The highest BCUT2D eigenvalue weighted by Crippen LogP contribution is 2.32. The van der Waals surface area contributed by atoms with E-state index in [1.54, 1.807) is 24.3 Å². The molecule has 2 rings (SSSR count). The van der Waals surface area contributed by atoms with Crippen LogP contribution in [0.4, 0.5) is 30.6 Å². The van der Waals surface area contributed by atoms with Crippen molar-refractivity contribution in [2.45, 2.75) is 26.1 Å². The van der Waals surface area contributed by atoms with E-state index in [0.29, 0.717) is 11.4 Å². The third-order valence-electron chi connectivity index (χ3n) is 3.70. The fourth-order valence-electron chi connectivity index (χ4n) is 2.20. The molecule has 0 saturated carbocycles. The summed E-state index contributed by atoms with van der Waals surface area (Å²) < 4.78 is 44.8. The molecule has 1 heterocycles. The number of para-hydroxylation sites is 2. The highest BCUT2D eigenvalue weighted by Gasteiger charge is 2.34. The van der Waals surface area contributed by atoms with E-state index >= 15 is 0 Å². The van der Waals surface area contributed by atoms with Gasteiger partial charge in [-0.1, -0.05) is 26.0 Å². The summed E-state index contributed by atoms with van der Waals surface area (Å²) >= 11 is 0. The van der Waals surface area contributed by atoms with Gasteiger partial charge in [0.2, 0.25) is 5.95 Å². The van der Waals surface area contributed by atoms with Crippen LogP contribution in [0.1, 0.15) is 19.5 Å². The van der Waals surface area contributed by atoms with E-state index < -0.39 is 17.9 Å². The molecule has 0 aliphatic carbocycles. The number of aromatic nitrogens is 2. The molecule has 26 heavy (non-hydrogen) atoms. The molecular weight excluding hydrogens is 349 g/mol. The second kappa shape index (κ2) is 8.22. The van der Waals surface area contributed by atoms with Gasteiger partial charge < -0.3 is 20.5 Å². The molecule has 0 aliphatic rings. The summed E-state index contributed by atoms with van der Waals surface area (Å²) in [5.41, 5.74) is -0.622. The summed E-state index contributed by atoms with van der Waals surface area (Å²) in [5.74, 6) is 0.179. The van der Waals surface area contributed by atoms with Crippen molar-refractivity contribution in [3.63, 3.8) is 0 Å². The molecule has 0 fully saturated rings. The molecule has 2 aromatic rings. The molecular formula is C17H21F3N4O2. The lowest BCUT2D eigenvalue weighted by Crippen LogP contribution is -2.30. The number of nitrogens with zero attached hydrogens (tertiary/aromatic N) is 2. The van der Waals surface area contributed by atoms with E-state index in [-0.39, 0.29) is 24.3 Å². The Balaban J connectivity index is 2.40. The Kier molecular flexibility index (Phi) is 6.25. The number of anilines is 3. The van der Waals surface area contributed by atoms with Gasteiger partial charge in [0.05, 0.1) is 25.4 Å². The summed E-state index contributed by atoms with van der Waals surface area (Å²) in [5, 5.41) is 15.0.